The molecule has 2 amide bonds. The quantitative estimate of drug-likeness (QED) is 0.583. The Morgan fingerprint density at radius 2 is 1.94 bits per heavy atom. The highest BCUT2D eigenvalue weighted by atomic mass is 16.2. The van der Waals surface area contributed by atoms with Crippen molar-refractivity contribution < 1.29 is 9.59 Å². The van der Waals surface area contributed by atoms with E-state index in [9.17, 15) is 9.59 Å². The molecule has 1 aliphatic carbocycles. The van der Waals surface area contributed by atoms with Crippen LogP contribution in [0, 0.1) is 18.3 Å². The number of benzene rings is 1. The molecule has 3 heterocycles. The molecule has 166 valence electrons. The molecule has 2 fully saturated rings. The van der Waals surface area contributed by atoms with Crippen LogP contribution in [0.5, 0.6) is 0 Å². The SMILES string of the molecule is Cc1ccc2[nH]c(C(=O)N3CCC4(CC3)C[C@@H]4C(=O)NCCCc3ccncc3)cc2c1. The zero-order valence-corrected chi connectivity index (χ0v) is 18.6. The molecule has 32 heavy (non-hydrogen) atoms. The minimum absolute atomic E-state index is 0.0615. The van der Waals surface area contributed by atoms with Crippen molar-refractivity contribution in [3.05, 3.63) is 65.6 Å². The number of rotatable bonds is 6. The van der Waals surface area contributed by atoms with Crippen LogP contribution in [0.1, 0.15) is 47.3 Å². The number of nitrogens with zero attached hydrogens (tertiary/aromatic N) is 2. The summed E-state index contributed by atoms with van der Waals surface area (Å²) in [5.74, 6) is 0.355. The second-order valence-corrected chi connectivity index (χ2v) is 9.44. The monoisotopic (exact) mass is 430 g/mol. The number of carbonyl (C=O) groups excluding carboxylic acids is 2. The van der Waals surface area contributed by atoms with Gasteiger partial charge in [-0.15, -0.1) is 0 Å². The van der Waals surface area contributed by atoms with Gasteiger partial charge in [-0.1, -0.05) is 11.6 Å². The van der Waals surface area contributed by atoms with Crippen molar-refractivity contribution in [3.8, 4) is 0 Å². The Labute approximate surface area is 188 Å². The summed E-state index contributed by atoms with van der Waals surface area (Å²) in [5.41, 5.74) is 4.19. The molecular formula is C26H30N4O2. The van der Waals surface area contributed by atoms with Gasteiger partial charge in [0, 0.05) is 48.8 Å². The van der Waals surface area contributed by atoms with Gasteiger partial charge in [-0.3, -0.25) is 14.6 Å². The van der Waals surface area contributed by atoms with Gasteiger partial charge in [-0.05, 0) is 80.3 Å². The van der Waals surface area contributed by atoms with E-state index in [4.69, 9.17) is 0 Å². The summed E-state index contributed by atoms with van der Waals surface area (Å²) in [5, 5.41) is 4.20. The van der Waals surface area contributed by atoms with Crippen molar-refractivity contribution in [2.45, 2.75) is 39.0 Å². The van der Waals surface area contributed by atoms with Crippen LogP contribution in [0.25, 0.3) is 10.9 Å². The molecule has 1 saturated heterocycles. The van der Waals surface area contributed by atoms with Crippen LogP contribution < -0.4 is 5.32 Å². The van der Waals surface area contributed by atoms with E-state index in [1.54, 1.807) is 12.4 Å². The molecule has 1 spiro atoms. The van der Waals surface area contributed by atoms with Crippen LogP contribution in [0.3, 0.4) is 0 Å². The fourth-order valence-electron chi connectivity index (χ4n) is 5.14. The van der Waals surface area contributed by atoms with Crippen molar-refractivity contribution >= 4 is 22.7 Å². The maximum absolute atomic E-state index is 13.0. The zero-order valence-electron chi connectivity index (χ0n) is 18.6. The Balaban J connectivity index is 1.09. The van der Waals surface area contributed by atoms with Gasteiger partial charge in [0.25, 0.3) is 5.91 Å². The summed E-state index contributed by atoms with van der Waals surface area (Å²) in [6.07, 6.45) is 8.26. The van der Waals surface area contributed by atoms with Gasteiger partial charge in [0.2, 0.25) is 5.91 Å². The molecule has 6 heteroatoms. The molecule has 5 rings (SSSR count). The predicted octanol–water partition coefficient (Wildman–Crippen LogP) is 3.86. The van der Waals surface area contributed by atoms with Gasteiger partial charge < -0.3 is 15.2 Å². The summed E-state index contributed by atoms with van der Waals surface area (Å²) in [6.45, 7) is 4.21. The first-order chi connectivity index (χ1) is 15.5. The van der Waals surface area contributed by atoms with Gasteiger partial charge in [0.1, 0.15) is 5.69 Å². The fourth-order valence-corrected chi connectivity index (χ4v) is 5.14. The number of nitrogens with one attached hydrogen (secondary N) is 2. The molecule has 1 aliphatic heterocycles. The highest BCUT2D eigenvalue weighted by Gasteiger charge is 2.58. The van der Waals surface area contributed by atoms with Crippen molar-refractivity contribution in [3.63, 3.8) is 0 Å². The average Bonchev–Trinajstić information content (AvgIpc) is 3.34. The second-order valence-electron chi connectivity index (χ2n) is 9.44. The lowest BCUT2D eigenvalue weighted by Gasteiger charge is -2.32. The maximum atomic E-state index is 13.0. The topological polar surface area (TPSA) is 78.1 Å². The average molecular weight is 431 g/mol. The Hall–Kier alpha value is -3.15. The number of hydrogen-bond donors (Lipinski definition) is 2. The van der Waals surface area contributed by atoms with E-state index in [2.05, 4.69) is 34.3 Å². The molecule has 0 radical (unpaired) electrons. The van der Waals surface area contributed by atoms with Gasteiger partial charge in [0.15, 0.2) is 0 Å². The number of piperidine rings is 1. The Morgan fingerprint density at radius 3 is 2.72 bits per heavy atom. The molecule has 2 aromatic heterocycles. The number of amides is 2. The normalized spacial score (nSPS) is 19.3. The number of aromatic amines is 1. The number of aryl methyl sites for hydroxylation is 2. The largest absolute Gasteiger partial charge is 0.356 e. The lowest BCUT2D eigenvalue weighted by atomic mass is 9.90. The van der Waals surface area contributed by atoms with Crippen LogP contribution >= 0.6 is 0 Å². The second kappa shape index (κ2) is 8.41. The fraction of sp³-hybridized carbons (Fsp3) is 0.423. The van der Waals surface area contributed by atoms with Crippen LogP contribution in [0.2, 0.25) is 0 Å². The van der Waals surface area contributed by atoms with Crippen molar-refractivity contribution in [1.29, 1.82) is 0 Å². The summed E-state index contributed by atoms with van der Waals surface area (Å²) in [4.78, 5) is 34.9. The van der Waals surface area contributed by atoms with Crippen LogP contribution in [0.15, 0.2) is 48.8 Å². The van der Waals surface area contributed by atoms with E-state index in [1.165, 1.54) is 11.1 Å². The lowest BCUT2D eigenvalue weighted by Crippen LogP contribution is -2.40. The third kappa shape index (κ3) is 4.14. The van der Waals surface area contributed by atoms with E-state index >= 15 is 0 Å². The van der Waals surface area contributed by atoms with Crippen LogP contribution in [-0.2, 0) is 11.2 Å². The summed E-state index contributed by atoms with van der Waals surface area (Å²) in [7, 11) is 0. The van der Waals surface area contributed by atoms with E-state index < -0.39 is 0 Å². The molecule has 1 aromatic carbocycles. The zero-order chi connectivity index (χ0) is 22.1. The molecule has 1 saturated carbocycles. The van der Waals surface area contributed by atoms with E-state index in [0.29, 0.717) is 12.2 Å². The standard InChI is InChI=1S/C26H30N4O2/c1-18-4-5-22-20(15-18)16-23(29-22)25(32)30-13-8-26(9-14-30)17-21(26)24(31)28-10-2-3-19-6-11-27-12-7-19/h4-7,11-12,15-16,21,29H,2-3,8-10,13-14,17H2,1H3,(H,28,31)/t21-/m1/s1. The van der Waals surface area contributed by atoms with E-state index in [1.807, 2.05) is 29.2 Å². The van der Waals surface area contributed by atoms with Crippen LogP contribution in [-0.4, -0.2) is 46.3 Å². The number of hydrogen-bond acceptors (Lipinski definition) is 3. The van der Waals surface area contributed by atoms with Crippen LogP contribution in [0.4, 0.5) is 0 Å². The first-order valence-electron chi connectivity index (χ1n) is 11.6. The Kier molecular flexibility index (Phi) is 5.45. The number of pyridine rings is 1. The molecule has 2 N–H and O–H groups in total. The van der Waals surface area contributed by atoms with Crippen molar-refractivity contribution in [1.82, 2.24) is 20.2 Å². The molecule has 1 atom stereocenters. The first-order valence-corrected chi connectivity index (χ1v) is 11.6. The number of fused-ring (bicyclic) bond motifs is 1. The van der Waals surface area contributed by atoms with Crippen molar-refractivity contribution in [2.75, 3.05) is 19.6 Å². The highest BCUT2D eigenvalue weighted by Crippen LogP contribution is 2.59. The molecule has 6 nitrogen and oxygen atoms in total. The molecule has 3 aromatic rings. The summed E-state index contributed by atoms with van der Waals surface area (Å²) in [6, 6.07) is 12.2. The summed E-state index contributed by atoms with van der Waals surface area (Å²) < 4.78 is 0. The minimum atomic E-state index is 0.0615. The third-order valence-corrected chi connectivity index (χ3v) is 7.25. The number of aromatic nitrogens is 2. The highest BCUT2D eigenvalue weighted by molar-refractivity contribution is 5.98. The Morgan fingerprint density at radius 1 is 1.16 bits per heavy atom. The van der Waals surface area contributed by atoms with Gasteiger partial charge in [-0.25, -0.2) is 0 Å². The van der Waals surface area contributed by atoms with Crippen molar-refractivity contribution in [2.24, 2.45) is 11.3 Å². The molecule has 0 bridgehead atoms. The molecule has 2 aliphatic rings. The Bertz CT molecular complexity index is 1130. The van der Waals surface area contributed by atoms with E-state index in [0.717, 1.165) is 56.1 Å². The third-order valence-electron chi connectivity index (χ3n) is 7.25. The van der Waals surface area contributed by atoms with E-state index in [-0.39, 0.29) is 23.1 Å². The smallest absolute Gasteiger partial charge is 0.270 e. The van der Waals surface area contributed by atoms with Gasteiger partial charge in [0.05, 0.1) is 0 Å². The first kappa shape index (κ1) is 20.7. The predicted molar refractivity (Wildman–Crippen MR) is 124 cm³/mol. The molecule has 0 unspecified atom stereocenters. The van der Waals surface area contributed by atoms with Gasteiger partial charge >= 0.3 is 0 Å². The number of likely N-dealkylation sites (tertiary alicyclic amines) is 1. The maximum Gasteiger partial charge on any atom is 0.270 e. The number of carbonyl (C=O) groups is 2. The molecular weight excluding hydrogens is 400 g/mol. The summed E-state index contributed by atoms with van der Waals surface area (Å²) >= 11 is 0. The lowest BCUT2D eigenvalue weighted by molar-refractivity contribution is -0.123. The van der Waals surface area contributed by atoms with Gasteiger partial charge in [-0.2, -0.15) is 0 Å². The number of H-pyrrole nitrogens is 1. The minimum Gasteiger partial charge on any atom is -0.356 e.